The van der Waals surface area contributed by atoms with E-state index in [0.717, 1.165) is 6.92 Å². The number of methoxy groups -OCH3 is 1. The molecule has 1 unspecified atom stereocenters. The molecule has 0 saturated carbocycles. The fourth-order valence-electron chi connectivity index (χ4n) is 1.23. The average Bonchev–Trinajstić information content (AvgIpc) is 2.35. The van der Waals surface area contributed by atoms with Crippen LogP contribution in [0.4, 0.5) is 0 Å². The monoisotopic (exact) mass is 379 g/mol. The van der Waals surface area contributed by atoms with Crippen molar-refractivity contribution in [2.45, 2.75) is 12.5 Å². The van der Waals surface area contributed by atoms with Gasteiger partial charge in [-0.15, -0.1) is 0 Å². The Kier molecular flexibility index (Phi) is 5.12. The van der Waals surface area contributed by atoms with Crippen LogP contribution in [0.5, 0.6) is 5.75 Å². The molecule has 104 valence electrons. The number of aliphatic hydroxyl groups is 1. The largest absolute Gasteiger partial charge is 0.497 e. The molecule has 1 amide bonds. The normalized spacial score (nSPS) is 13.5. The summed E-state index contributed by atoms with van der Waals surface area (Å²) in [6.07, 6.45) is 0. The number of benzene rings is 1. The van der Waals surface area contributed by atoms with Crippen molar-refractivity contribution >= 4 is 34.5 Å². The third-order valence-corrected chi connectivity index (χ3v) is 3.37. The fourth-order valence-corrected chi connectivity index (χ4v) is 1.96. The van der Waals surface area contributed by atoms with E-state index in [4.69, 9.17) is 9.84 Å². The second-order valence-corrected chi connectivity index (χ2v) is 5.27. The van der Waals surface area contributed by atoms with Gasteiger partial charge in [0.05, 0.1) is 19.2 Å². The molecule has 0 radical (unpaired) electrons. The number of nitrogens with one attached hydrogen (secondary N) is 1. The Hall–Kier alpha value is -1.35. The van der Waals surface area contributed by atoms with Gasteiger partial charge in [-0.3, -0.25) is 4.79 Å². The second-order valence-electron chi connectivity index (χ2n) is 4.11. The number of carbonyl (C=O) groups excluding carboxylic acids is 1. The van der Waals surface area contributed by atoms with Crippen LogP contribution < -0.4 is 10.1 Å². The third kappa shape index (κ3) is 4.06. The molecule has 0 saturated heterocycles. The molecule has 1 aromatic rings. The van der Waals surface area contributed by atoms with E-state index in [0.29, 0.717) is 14.9 Å². The smallest absolute Gasteiger partial charge is 0.337 e. The highest BCUT2D eigenvalue weighted by Crippen LogP contribution is 2.19. The minimum absolute atomic E-state index is 0.372. The summed E-state index contributed by atoms with van der Waals surface area (Å²) in [5.74, 6) is -1.22. The number of aliphatic carboxylic acids is 1. The predicted octanol–water partition coefficient (Wildman–Crippen LogP) is 0.865. The lowest BCUT2D eigenvalue weighted by Crippen LogP contribution is -2.46. The minimum atomic E-state index is -1.99. The molecule has 1 rings (SSSR count). The van der Waals surface area contributed by atoms with Gasteiger partial charge in [0.2, 0.25) is 0 Å². The molecule has 0 aromatic heterocycles. The Labute approximate surface area is 123 Å². The maximum absolute atomic E-state index is 11.9. The minimum Gasteiger partial charge on any atom is -0.497 e. The summed E-state index contributed by atoms with van der Waals surface area (Å²) in [7, 11) is 1.52. The lowest BCUT2D eigenvalue weighted by Gasteiger charge is -2.18. The molecule has 1 aromatic carbocycles. The number of carboxylic acids is 1. The van der Waals surface area contributed by atoms with E-state index in [9.17, 15) is 14.7 Å². The Morgan fingerprint density at radius 2 is 2.11 bits per heavy atom. The van der Waals surface area contributed by atoms with E-state index >= 15 is 0 Å². The first-order chi connectivity index (χ1) is 8.77. The number of carboxylic acid groups (broad SMARTS) is 1. The maximum atomic E-state index is 11.9. The number of hydrogen-bond donors (Lipinski definition) is 3. The van der Waals surface area contributed by atoms with Crippen molar-refractivity contribution in [2.75, 3.05) is 13.7 Å². The average molecular weight is 379 g/mol. The summed E-state index contributed by atoms with van der Waals surface area (Å²) >= 11 is 1.98. The van der Waals surface area contributed by atoms with Crippen LogP contribution in [0.1, 0.15) is 17.3 Å². The van der Waals surface area contributed by atoms with Gasteiger partial charge in [-0.2, -0.15) is 0 Å². The molecule has 0 bridgehead atoms. The van der Waals surface area contributed by atoms with Crippen LogP contribution in [0.15, 0.2) is 18.2 Å². The van der Waals surface area contributed by atoms with Gasteiger partial charge in [-0.25, -0.2) is 4.79 Å². The van der Waals surface area contributed by atoms with Gasteiger partial charge in [0.25, 0.3) is 5.91 Å². The van der Waals surface area contributed by atoms with Gasteiger partial charge in [0.15, 0.2) is 5.60 Å². The Bertz CT molecular complexity index is 501. The highest BCUT2D eigenvalue weighted by Gasteiger charge is 2.30. The molecular formula is C12H14INO5. The zero-order valence-corrected chi connectivity index (χ0v) is 12.6. The lowest BCUT2D eigenvalue weighted by molar-refractivity contribution is -0.155. The fraction of sp³-hybridized carbons (Fsp3) is 0.333. The van der Waals surface area contributed by atoms with E-state index < -0.39 is 17.5 Å². The van der Waals surface area contributed by atoms with Crippen LogP contribution in [0.25, 0.3) is 0 Å². The molecule has 0 fully saturated rings. The standard InChI is InChI=1S/C12H14INO5/c1-12(18,11(16)17)6-14-10(15)8-4-3-7(19-2)5-9(8)13/h3-5,18H,6H2,1-2H3,(H,14,15)(H,16,17). The van der Waals surface area contributed by atoms with Crippen molar-refractivity contribution in [3.8, 4) is 5.75 Å². The highest BCUT2D eigenvalue weighted by molar-refractivity contribution is 14.1. The van der Waals surface area contributed by atoms with Gasteiger partial charge < -0.3 is 20.3 Å². The summed E-state index contributed by atoms with van der Waals surface area (Å²) in [5.41, 5.74) is -1.60. The van der Waals surface area contributed by atoms with Gasteiger partial charge in [-0.1, -0.05) is 0 Å². The summed E-state index contributed by atoms with van der Waals surface area (Å²) < 4.78 is 5.69. The van der Waals surface area contributed by atoms with Gasteiger partial charge in [0, 0.05) is 3.57 Å². The number of rotatable bonds is 5. The molecule has 0 aliphatic carbocycles. The molecule has 6 nitrogen and oxygen atoms in total. The van der Waals surface area contributed by atoms with Gasteiger partial charge in [-0.05, 0) is 47.7 Å². The quantitative estimate of drug-likeness (QED) is 0.660. The molecule has 0 aliphatic rings. The second kappa shape index (κ2) is 6.20. The molecule has 1 atom stereocenters. The van der Waals surface area contributed by atoms with Crippen molar-refractivity contribution in [1.29, 1.82) is 0 Å². The number of halogens is 1. The molecule has 0 aliphatic heterocycles. The Morgan fingerprint density at radius 3 is 2.58 bits per heavy atom. The van der Waals surface area contributed by atoms with E-state index in [1.165, 1.54) is 7.11 Å². The first-order valence-electron chi connectivity index (χ1n) is 5.35. The van der Waals surface area contributed by atoms with Crippen LogP contribution in [-0.2, 0) is 4.79 Å². The number of amides is 1. The lowest BCUT2D eigenvalue weighted by atomic mass is 10.1. The van der Waals surface area contributed by atoms with Crippen molar-refractivity contribution in [1.82, 2.24) is 5.32 Å². The van der Waals surface area contributed by atoms with Crippen molar-refractivity contribution in [3.05, 3.63) is 27.3 Å². The molecular weight excluding hydrogens is 365 g/mol. The molecule has 19 heavy (non-hydrogen) atoms. The number of carbonyl (C=O) groups is 2. The van der Waals surface area contributed by atoms with Crippen LogP contribution in [0, 0.1) is 3.57 Å². The topological polar surface area (TPSA) is 95.9 Å². The van der Waals surface area contributed by atoms with Crippen LogP contribution in [0.2, 0.25) is 0 Å². The van der Waals surface area contributed by atoms with Crippen molar-refractivity contribution in [2.24, 2.45) is 0 Å². The highest BCUT2D eigenvalue weighted by atomic mass is 127. The van der Waals surface area contributed by atoms with Crippen molar-refractivity contribution in [3.63, 3.8) is 0 Å². The maximum Gasteiger partial charge on any atom is 0.337 e. The van der Waals surface area contributed by atoms with Gasteiger partial charge in [0.1, 0.15) is 5.75 Å². The Morgan fingerprint density at radius 1 is 1.47 bits per heavy atom. The van der Waals surface area contributed by atoms with Crippen molar-refractivity contribution < 1.29 is 24.5 Å². The van der Waals surface area contributed by atoms with Crippen LogP contribution >= 0.6 is 22.6 Å². The first-order valence-corrected chi connectivity index (χ1v) is 6.43. The summed E-state index contributed by atoms with van der Waals surface area (Å²) in [4.78, 5) is 22.6. The first kappa shape index (κ1) is 15.7. The summed E-state index contributed by atoms with van der Waals surface area (Å²) in [6, 6.07) is 4.89. The number of ether oxygens (including phenoxy) is 1. The van der Waals surface area contributed by atoms with Gasteiger partial charge >= 0.3 is 5.97 Å². The molecule has 0 heterocycles. The Balaban J connectivity index is 2.77. The zero-order valence-electron chi connectivity index (χ0n) is 10.4. The molecule has 7 heteroatoms. The molecule has 3 N–H and O–H groups in total. The zero-order chi connectivity index (χ0) is 14.6. The van der Waals surface area contributed by atoms with E-state index in [-0.39, 0.29) is 6.54 Å². The third-order valence-electron chi connectivity index (χ3n) is 2.47. The SMILES string of the molecule is COc1ccc(C(=O)NCC(C)(O)C(=O)O)c(I)c1. The van der Waals surface area contributed by atoms with E-state index in [1.54, 1.807) is 18.2 Å². The van der Waals surface area contributed by atoms with E-state index in [2.05, 4.69) is 5.32 Å². The molecule has 0 spiro atoms. The van der Waals surface area contributed by atoms with E-state index in [1.807, 2.05) is 22.6 Å². The summed E-state index contributed by atoms with van der Waals surface area (Å²) in [5, 5.41) is 20.6. The predicted molar refractivity (Wildman–Crippen MR) is 76.3 cm³/mol. The van der Waals surface area contributed by atoms with Crippen LogP contribution in [-0.4, -0.2) is 41.3 Å². The van der Waals surface area contributed by atoms with Crippen LogP contribution in [0.3, 0.4) is 0 Å². The summed E-state index contributed by atoms with van der Waals surface area (Å²) in [6.45, 7) is 0.748. The number of hydrogen-bond acceptors (Lipinski definition) is 4.